The molecule has 4 nitrogen and oxygen atoms in total. The second-order valence-corrected chi connectivity index (χ2v) is 7.07. The molecule has 3 rings (SSSR count). The van der Waals surface area contributed by atoms with Crippen molar-refractivity contribution in [2.75, 3.05) is 0 Å². The summed E-state index contributed by atoms with van der Waals surface area (Å²) < 4.78 is 0. The van der Waals surface area contributed by atoms with Crippen molar-refractivity contribution in [3.8, 4) is 11.1 Å². The fraction of sp³-hybridized carbons (Fsp3) is 0.167. The zero-order chi connectivity index (χ0) is 20.1. The van der Waals surface area contributed by atoms with Gasteiger partial charge in [0.1, 0.15) is 6.04 Å². The summed E-state index contributed by atoms with van der Waals surface area (Å²) in [6, 6.07) is 22.8. The molecule has 0 saturated carbocycles. The molecule has 1 atom stereocenters. The number of nitrogens with two attached hydrogens (primary N) is 1. The second kappa shape index (κ2) is 8.53. The molecule has 4 heteroatoms. The van der Waals surface area contributed by atoms with E-state index in [1.54, 1.807) is 12.1 Å². The summed E-state index contributed by atoms with van der Waals surface area (Å²) in [5, 5.41) is 2.77. The molecule has 0 aliphatic heterocycles. The molecule has 0 aliphatic carbocycles. The molecule has 0 unspecified atom stereocenters. The Hall–Kier alpha value is -3.40. The predicted octanol–water partition coefficient (Wildman–Crippen LogP) is 3.80. The molecule has 28 heavy (non-hydrogen) atoms. The Kier molecular flexibility index (Phi) is 5.90. The standard InChI is InChI=1S/C24H24N2O2/c1-16-12-17(2)14-21(13-16)24(28)26-22(23(25)27)15-18-8-10-20(11-9-18)19-6-4-3-5-7-19/h3-14,22H,15H2,1-2H3,(H2,25,27)(H,26,28)/t22-/m1/s1. The lowest BCUT2D eigenvalue weighted by Gasteiger charge is -2.16. The highest BCUT2D eigenvalue weighted by molar-refractivity contribution is 5.97. The normalized spacial score (nSPS) is 11.6. The summed E-state index contributed by atoms with van der Waals surface area (Å²) in [6.45, 7) is 3.87. The minimum Gasteiger partial charge on any atom is -0.368 e. The van der Waals surface area contributed by atoms with Gasteiger partial charge in [-0.3, -0.25) is 9.59 Å². The summed E-state index contributed by atoms with van der Waals surface area (Å²) in [7, 11) is 0. The van der Waals surface area contributed by atoms with E-state index in [0.29, 0.717) is 12.0 Å². The molecular weight excluding hydrogens is 348 g/mol. The second-order valence-electron chi connectivity index (χ2n) is 7.07. The zero-order valence-electron chi connectivity index (χ0n) is 16.1. The first-order valence-electron chi connectivity index (χ1n) is 9.25. The van der Waals surface area contributed by atoms with Crippen LogP contribution in [0, 0.1) is 13.8 Å². The van der Waals surface area contributed by atoms with Crippen molar-refractivity contribution >= 4 is 11.8 Å². The molecule has 0 saturated heterocycles. The van der Waals surface area contributed by atoms with E-state index in [4.69, 9.17) is 5.73 Å². The van der Waals surface area contributed by atoms with Crippen LogP contribution in [0.5, 0.6) is 0 Å². The molecule has 0 radical (unpaired) electrons. The van der Waals surface area contributed by atoms with E-state index in [2.05, 4.69) is 5.32 Å². The van der Waals surface area contributed by atoms with Crippen molar-refractivity contribution in [1.82, 2.24) is 5.32 Å². The van der Waals surface area contributed by atoms with Crippen LogP contribution in [0.3, 0.4) is 0 Å². The number of rotatable bonds is 6. The van der Waals surface area contributed by atoms with Crippen LogP contribution in [0.25, 0.3) is 11.1 Å². The minimum atomic E-state index is -0.768. The van der Waals surface area contributed by atoms with Crippen molar-refractivity contribution in [1.29, 1.82) is 0 Å². The Labute approximate surface area is 165 Å². The van der Waals surface area contributed by atoms with Gasteiger partial charge in [0.2, 0.25) is 5.91 Å². The van der Waals surface area contributed by atoms with E-state index in [9.17, 15) is 9.59 Å². The van der Waals surface area contributed by atoms with Crippen molar-refractivity contribution in [2.45, 2.75) is 26.3 Å². The van der Waals surface area contributed by atoms with Crippen LogP contribution in [0.1, 0.15) is 27.0 Å². The Balaban J connectivity index is 1.72. The number of nitrogens with one attached hydrogen (secondary N) is 1. The number of aryl methyl sites for hydroxylation is 2. The average Bonchev–Trinajstić information content (AvgIpc) is 2.68. The number of benzene rings is 3. The topological polar surface area (TPSA) is 72.2 Å². The maximum Gasteiger partial charge on any atom is 0.251 e. The van der Waals surface area contributed by atoms with Crippen molar-refractivity contribution < 1.29 is 9.59 Å². The molecule has 0 heterocycles. The van der Waals surface area contributed by atoms with Gasteiger partial charge in [0.25, 0.3) is 5.91 Å². The lowest BCUT2D eigenvalue weighted by molar-refractivity contribution is -0.119. The van der Waals surface area contributed by atoms with Gasteiger partial charge in [0, 0.05) is 12.0 Å². The number of carbonyl (C=O) groups excluding carboxylic acids is 2. The Morgan fingerprint density at radius 1 is 0.857 bits per heavy atom. The smallest absolute Gasteiger partial charge is 0.251 e. The Morgan fingerprint density at radius 2 is 1.43 bits per heavy atom. The maximum atomic E-state index is 12.6. The third-order valence-corrected chi connectivity index (χ3v) is 4.63. The third-order valence-electron chi connectivity index (χ3n) is 4.63. The van der Waals surface area contributed by atoms with Gasteiger partial charge in [-0.05, 0) is 42.7 Å². The quantitative estimate of drug-likeness (QED) is 0.691. The summed E-state index contributed by atoms with van der Waals surface area (Å²) in [5.41, 5.74) is 11.2. The van der Waals surface area contributed by atoms with Gasteiger partial charge in [-0.25, -0.2) is 0 Å². The summed E-state index contributed by atoms with van der Waals surface area (Å²) in [5.74, 6) is -0.846. The number of hydrogen-bond acceptors (Lipinski definition) is 2. The Bertz CT molecular complexity index is 959. The zero-order valence-corrected chi connectivity index (χ0v) is 16.1. The largest absolute Gasteiger partial charge is 0.368 e. The van der Waals surface area contributed by atoms with Crippen LogP contribution in [0.2, 0.25) is 0 Å². The highest BCUT2D eigenvalue weighted by Crippen LogP contribution is 2.20. The molecule has 0 bridgehead atoms. The molecule has 0 aromatic heterocycles. The lowest BCUT2D eigenvalue weighted by Crippen LogP contribution is -2.45. The van der Waals surface area contributed by atoms with Crippen molar-refractivity contribution in [3.05, 3.63) is 95.1 Å². The van der Waals surface area contributed by atoms with E-state index in [1.165, 1.54) is 0 Å². The van der Waals surface area contributed by atoms with E-state index in [-0.39, 0.29) is 5.91 Å². The van der Waals surface area contributed by atoms with Crippen molar-refractivity contribution in [3.63, 3.8) is 0 Å². The third kappa shape index (κ3) is 4.86. The highest BCUT2D eigenvalue weighted by Gasteiger charge is 2.20. The predicted molar refractivity (Wildman–Crippen MR) is 112 cm³/mol. The molecule has 3 aromatic carbocycles. The van der Waals surface area contributed by atoms with Gasteiger partial charge in [0.05, 0.1) is 0 Å². The monoisotopic (exact) mass is 372 g/mol. The summed E-state index contributed by atoms with van der Waals surface area (Å²) in [4.78, 5) is 24.5. The van der Waals surface area contributed by atoms with E-state index < -0.39 is 11.9 Å². The molecular formula is C24H24N2O2. The van der Waals surface area contributed by atoms with Gasteiger partial charge >= 0.3 is 0 Å². The average molecular weight is 372 g/mol. The van der Waals surface area contributed by atoms with Crippen LogP contribution >= 0.6 is 0 Å². The van der Waals surface area contributed by atoms with E-state index in [1.807, 2.05) is 74.5 Å². The maximum absolute atomic E-state index is 12.6. The number of primary amides is 1. The lowest BCUT2D eigenvalue weighted by atomic mass is 10.00. The van der Waals surface area contributed by atoms with Crippen LogP contribution < -0.4 is 11.1 Å². The minimum absolute atomic E-state index is 0.295. The molecule has 3 aromatic rings. The number of hydrogen-bond donors (Lipinski definition) is 2. The first-order chi connectivity index (χ1) is 13.4. The van der Waals surface area contributed by atoms with Crippen LogP contribution in [0.15, 0.2) is 72.8 Å². The molecule has 2 amide bonds. The Morgan fingerprint density at radius 3 is 2.00 bits per heavy atom. The molecule has 3 N–H and O–H groups in total. The van der Waals surface area contributed by atoms with Crippen molar-refractivity contribution in [2.24, 2.45) is 5.73 Å². The fourth-order valence-electron chi connectivity index (χ4n) is 3.27. The highest BCUT2D eigenvalue weighted by atomic mass is 16.2. The van der Waals surface area contributed by atoms with Crippen LogP contribution in [-0.2, 0) is 11.2 Å². The van der Waals surface area contributed by atoms with Gasteiger partial charge in [-0.15, -0.1) is 0 Å². The van der Waals surface area contributed by atoms with Crippen LogP contribution in [-0.4, -0.2) is 17.9 Å². The van der Waals surface area contributed by atoms with Gasteiger partial charge < -0.3 is 11.1 Å². The fourth-order valence-corrected chi connectivity index (χ4v) is 3.27. The van der Waals surface area contributed by atoms with E-state index in [0.717, 1.165) is 27.8 Å². The van der Waals surface area contributed by atoms with E-state index >= 15 is 0 Å². The number of amides is 2. The first-order valence-corrected chi connectivity index (χ1v) is 9.25. The SMILES string of the molecule is Cc1cc(C)cc(C(=O)N[C@H](Cc2ccc(-c3ccccc3)cc2)C(N)=O)c1. The van der Waals surface area contributed by atoms with Gasteiger partial charge in [-0.1, -0.05) is 71.8 Å². The molecule has 0 spiro atoms. The molecule has 0 fully saturated rings. The van der Waals surface area contributed by atoms with Gasteiger partial charge in [-0.2, -0.15) is 0 Å². The first kappa shape index (κ1) is 19.4. The number of carbonyl (C=O) groups is 2. The van der Waals surface area contributed by atoms with Crippen LogP contribution in [0.4, 0.5) is 0 Å². The van der Waals surface area contributed by atoms with Gasteiger partial charge in [0.15, 0.2) is 0 Å². The summed E-state index contributed by atoms with van der Waals surface area (Å²) >= 11 is 0. The molecule has 0 aliphatic rings. The summed E-state index contributed by atoms with van der Waals surface area (Å²) in [6.07, 6.45) is 0.348. The molecule has 142 valence electrons.